The summed E-state index contributed by atoms with van der Waals surface area (Å²) in [4.78, 5) is 33.2. The molecule has 2 amide bonds. The highest BCUT2D eigenvalue weighted by atomic mass is 16.4. The third-order valence-corrected chi connectivity index (χ3v) is 4.26. The van der Waals surface area contributed by atoms with Gasteiger partial charge in [-0.2, -0.15) is 0 Å². The fourth-order valence-corrected chi connectivity index (χ4v) is 2.64. The van der Waals surface area contributed by atoms with Crippen molar-refractivity contribution in [1.82, 2.24) is 14.9 Å². The van der Waals surface area contributed by atoms with Gasteiger partial charge in [-0.15, -0.1) is 0 Å². The second kappa shape index (κ2) is 6.29. The Morgan fingerprint density at radius 2 is 1.82 bits per heavy atom. The molecule has 0 unspecified atom stereocenters. The van der Waals surface area contributed by atoms with Gasteiger partial charge in [-0.25, -0.2) is 14.8 Å². The summed E-state index contributed by atoms with van der Waals surface area (Å²) in [7, 11) is 0. The largest absolute Gasteiger partial charge is 0.481 e. The quantitative estimate of drug-likeness (QED) is 0.883. The predicted molar refractivity (Wildman–Crippen MR) is 79.4 cm³/mol. The third-order valence-electron chi connectivity index (χ3n) is 4.26. The van der Waals surface area contributed by atoms with E-state index in [-0.39, 0.29) is 11.9 Å². The minimum atomic E-state index is -0.778. The summed E-state index contributed by atoms with van der Waals surface area (Å²) in [6.07, 6.45) is 7.69. The fraction of sp³-hybridized carbons (Fsp3) is 0.600. The lowest BCUT2D eigenvalue weighted by Crippen LogP contribution is -2.42. The molecule has 2 aliphatic rings. The number of rotatable bonds is 4. The molecule has 1 aromatic rings. The van der Waals surface area contributed by atoms with Gasteiger partial charge in [0.2, 0.25) is 0 Å². The van der Waals surface area contributed by atoms with Gasteiger partial charge in [-0.05, 0) is 31.6 Å². The van der Waals surface area contributed by atoms with Gasteiger partial charge >= 0.3 is 12.0 Å². The summed E-state index contributed by atoms with van der Waals surface area (Å²) in [5.74, 6) is 0.438. The molecule has 0 bridgehead atoms. The number of hydrogen-bond acceptors (Lipinski definition) is 4. The highest BCUT2D eigenvalue weighted by molar-refractivity contribution is 5.89. The Balaban J connectivity index is 1.49. The second-order valence-electron chi connectivity index (χ2n) is 6.07. The number of aromatic nitrogens is 2. The number of hydrogen-bond donors (Lipinski definition) is 2. The van der Waals surface area contributed by atoms with Crippen molar-refractivity contribution in [3.8, 4) is 0 Å². The van der Waals surface area contributed by atoms with Gasteiger partial charge in [0.05, 0.1) is 24.0 Å². The summed E-state index contributed by atoms with van der Waals surface area (Å²) >= 11 is 0. The van der Waals surface area contributed by atoms with Crippen molar-refractivity contribution >= 4 is 17.7 Å². The summed E-state index contributed by atoms with van der Waals surface area (Å²) in [6, 6.07) is -0.220. The lowest BCUT2D eigenvalue weighted by atomic mass is 9.97. The first kappa shape index (κ1) is 14.7. The highest BCUT2D eigenvalue weighted by Gasteiger charge is 2.27. The topological polar surface area (TPSA) is 95.4 Å². The Hall–Kier alpha value is -2.18. The van der Waals surface area contributed by atoms with E-state index < -0.39 is 5.97 Å². The molecule has 0 radical (unpaired) electrons. The molecule has 118 valence electrons. The monoisotopic (exact) mass is 304 g/mol. The summed E-state index contributed by atoms with van der Waals surface area (Å²) in [5.41, 5.74) is 0.574. The summed E-state index contributed by atoms with van der Waals surface area (Å²) in [6.45, 7) is 0.923. The number of carboxylic acid groups (broad SMARTS) is 1. The maximum Gasteiger partial charge on any atom is 0.321 e. The molecule has 22 heavy (non-hydrogen) atoms. The van der Waals surface area contributed by atoms with Crippen LogP contribution in [0.15, 0.2) is 12.4 Å². The Kier molecular flexibility index (Phi) is 4.22. The number of piperidine rings is 1. The number of nitrogens with one attached hydrogen (secondary N) is 1. The van der Waals surface area contributed by atoms with Crippen LogP contribution in [-0.2, 0) is 11.2 Å². The molecule has 1 aliphatic heterocycles. The maximum atomic E-state index is 12.1. The number of urea groups is 1. The molecule has 3 rings (SSSR count). The number of carboxylic acids is 1. The Labute approximate surface area is 128 Å². The standard InChI is InChI=1S/C15H20N4O3/c20-14(21)11-3-5-19(6-4-11)15(22)18-12-8-16-13(17-9-12)7-10-1-2-10/h8-11H,1-7H2,(H,18,22)(H,20,21). The average Bonchev–Trinajstić information content (AvgIpc) is 3.33. The summed E-state index contributed by atoms with van der Waals surface area (Å²) < 4.78 is 0. The van der Waals surface area contributed by atoms with Crippen LogP contribution in [0.1, 0.15) is 31.5 Å². The van der Waals surface area contributed by atoms with Crippen LogP contribution >= 0.6 is 0 Å². The number of anilines is 1. The van der Waals surface area contributed by atoms with E-state index in [2.05, 4.69) is 15.3 Å². The van der Waals surface area contributed by atoms with Crippen LogP contribution in [0.5, 0.6) is 0 Å². The second-order valence-corrected chi connectivity index (χ2v) is 6.07. The van der Waals surface area contributed by atoms with Crippen molar-refractivity contribution in [3.63, 3.8) is 0 Å². The normalized spacial score (nSPS) is 19.0. The van der Waals surface area contributed by atoms with Gasteiger partial charge < -0.3 is 15.3 Å². The zero-order valence-electron chi connectivity index (χ0n) is 12.4. The van der Waals surface area contributed by atoms with Gasteiger partial charge in [0.15, 0.2) is 0 Å². The van der Waals surface area contributed by atoms with Crippen molar-refractivity contribution in [2.24, 2.45) is 11.8 Å². The van der Waals surface area contributed by atoms with Gasteiger partial charge in [0.1, 0.15) is 5.82 Å². The van der Waals surface area contributed by atoms with Gasteiger partial charge in [0, 0.05) is 19.5 Å². The minimum Gasteiger partial charge on any atom is -0.481 e. The van der Waals surface area contributed by atoms with Crippen molar-refractivity contribution in [2.45, 2.75) is 32.1 Å². The van der Waals surface area contributed by atoms with Crippen LogP contribution in [0.25, 0.3) is 0 Å². The van der Waals surface area contributed by atoms with Crippen LogP contribution < -0.4 is 5.32 Å². The number of aliphatic carboxylic acids is 1. The number of carbonyl (C=O) groups is 2. The van der Waals surface area contributed by atoms with Crippen molar-refractivity contribution in [2.75, 3.05) is 18.4 Å². The number of amides is 2. The molecular weight excluding hydrogens is 284 g/mol. The van der Waals surface area contributed by atoms with Gasteiger partial charge in [-0.3, -0.25) is 4.79 Å². The number of nitrogens with zero attached hydrogens (tertiary/aromatic N) is 3. The molecule has 2 heterocycles. The molecule has 1 aliphatic carbocycles. The van der Waals surface area contributed by atoms with Crippen molar-refractivity contribution in [3.05, 3.63) is 18.2 Å². The van der Waals surface area contributed by atoms with Crippen LogP contribution in [0.4, 0.5) is 10.5 Å². The molecule has 7 heteroatoms. The molecular formula is C15H20N4O3. The number of carbonyl (C=O) groups excluding carboxylic acids is 1. The maximum absolute atomic E-state index is 12.1. The molecule has 1 saturated carbocycles. The SMILES string of the molecule is O=C(O)C1CCN(C(=O)Nc2cnc(CC3CC3)nc2)CC1. The third kappa shape index (κ3) is 3.72. The van der Waals surface area contributed by atoms with E-state index in [4.69, 9.17) is 5.11 Å². The first-order chi connectivity index (χ1) is 10.6. The first-order valence-corrected chi connectivity index (χ1v) is 7.71. The molecule has 0 aromatic carbocycles. The minimum absolute atomic E-state index is 0.220. The Morgan fingerprint density at radius 1 is 1.18 bits per heavy atom. The Bertz CT molecular complexity index is 548. The zero-order chi connectivity index (χ0) is 15.5. The molecule has 0 atom stereocenters. The zero-order valence-corrected chi connectivity index (χ0v) is 12.4. The van der Waals surface area contributed by atoms with E-state index in [0.717, 1.165) is 18.2 Å². The van der Waals surface area contributed by atoms with Crippen molar-refractivity contribution < 1.29 is 14.7 Å². The van der Waals surface area contributed by atoms with Crippen LogP contribution in [-0.4, -0.2) is 45.1 Å². The van der Waals surface area contributed by atoms with Crippen LogP contribution in [0.3, 0.4) is 0 Å². The van der Waals surface area contributed by atoms with Crippen LogP contribution in [0.2, 0.25) is 0 Å². The lowest BCUT2D eigenvalue weighted by molar-refractivity contribution is -0.143. The smallest absolute Gasteiger partial charge is 0.321 e. The van der Waals surface area contributed by atoms with Gasteiger partial charge in [0.25, 0.3) is 0 Å². The van der Waals surface area contributed by atoms with E-state index in [9.17, 15) is 9.59 Å². The van der Waals surface area contributed by atoms with E-state index in [1.54, 1.807) is 17.3 Å². The van der Waals surface area contributed by atoms with Crippen LogP contribution in [0, 0.1) is 11.8 Å². The number of likely N-dealkylation sites (tertiary alicyclic amines) is 1. The molecule has 7 nitrogen and oxygen atoms in total. The molecule has 1 aromatic heterocycles. The molecule has 2 fully saturated rings. The molecule has 2 N–H and O–H groups in total. The Morgan fingerprint density at radius 3 is 2.36 bits per heavy atom. The van der Waals surface area contributed by atoms with Gasteiger partial charge in [-0.1, -0.05) is 0 Å². The van der Waals surface area contributed by atoms with E-state index in [1.807, 2.05) is 0 Å². The molecule has 0 spiro atoms. The first-order valence-electron chi connectivity index (χ1n) is 7.71. The van der Waals surface area contributed by atoms with E-state index >= 15 is 0 Å². The average molecular weight is 304 g/mol. The predicted octanol–water partition coefficient (Wildman–Crippen LogP) is 1.76. The molecule has 1 saturated heterocycles. The van der Waals surface area contributed by atoms with E-state index in [0.29, 0.717) is 31.6 Å². The van der Waals surface area contributed by atoms with Crippen molar-refractivity contribution in [1.29, 1.82) is 0 Å². The fourth-order valence-electron chi connectivity index (χ4n) is 2.64. The summed E-state index contributed by atoms with van der Waals surface area (Å²) in [5, 5.41) is 11.7. The lowest BCUT2D eigenvalue weighted by Gasteiger charge is -2.30. The highest BCUT2D eigenvalue weighted by Crippen LogP contribution is 2.31. The van der Waals surface area contributed by atoms with E-state index in [1.165, 1.54) is 12.8 Å².